The van der Waals surface area contributed by atoms with Gasteiger partial charge >= 0.3 is 0 Å². The quantitative estimate of drug-likeness (QED) is 0.613. The zero-order valence-corrected chi connectivity index (χ0v) is 12.4. The monoisotopic (exact) mass is 259 g/mol. The number of hydrogen-bond acceptors (Lipinski definition) is 2. The van der Waals surface area contributed by atoms with E-state index in [2.05, 4.69) is 55.3 Å². The highest BCUT2D eigenvalue weighted by molar-refractivity contribution is 7.14. The lowest BCUT2D eigenvalue weighted by Gasteiger charge is -1.93. The second-order valence-corrected chi connectivity index (χ2v) is 5.20. The molecule has 96 valence electrons. The molecule has 0 spiro atoms. The van der Waals surface area contributed by atoms with Crippen LogP contribution >= 0.6 is 11.3 Å². The first kappa shape index (κ1) is 14.7. The van der Waals surface area contributed by atoms with E-state index in [-0.39, 0.29) is 0 Å². The van der Waals surface area contributed by atoms with Gasteiger partial charge in [0, 0.05) is 21.7 Å². The summed E-state index contributed by atoms with van der Waals surface area (Å²) in [4.78, 5) is 6.96. The van der Waals surface area contributed by atoms with E-state index >= 15 is 0 Å². The van der Waals surface area contributed by atoms with E-state index in [0.717, 1.165) is 12.1 Å². The zero-order chi connectivity index (χ0) is 13.4. The second-order valence-electron chi connectivity index (χ2n) is 4.08. The molecule has 1 rings (SSSR count). The maximum Gasteiger partial charge on any atom is 0.0332 e. The number of hydrogen-bond donors (Lipinski definition) is 0. The van der Waals surface area contributed by atoms with Crippen molar-refractivity contribution in [3.63, 3.8) is 0 Å². The van der Waals surface area contributed by atoms with Crippen LogP contribution < -0.4 is 0 Å². The average Bonchev–Trinajstić information content (AvgIpc) is 2.78. The van der Waals surface area contributed by atoms with Gasteiger partial charge in [0.25, 0.3) is 0 Å². The van der Waals surface area contributed by atoms with Crippen molar-refractivity contribution in [3.8, 4) is 0 Å². The Bertz CT molecular complexity index is 487. The fourth-order valence-electron chi connectivity index (χ4n) is 1.52. The molecule has 0 aromatic carbocycles. The van der Waals surface area contributed by atoms with E-state index in [4.69, 9.17) is 0 Å². The third-order valence-corrected chi connectivity index (χ3v) is 3.63. The average molecular weight is 259 g/mol. The maximum absolute atomic E-state index is 4.37. The lowest BCUT2D eigenvalue weighted by molar-refractivity contribution is 1.16. The predicted molar refractivity (Wildman–Crippen MR) is 85.2 cm³/mol. The first-order chi connectivity index (χ1) is 8.67. The molecule has 0 aliphatic carbocycles. The Morgan fingerprint density at radius 3 is 2.78 bits per heavy atom. The summed E-state index contributed by atoms with van der Waals surface area (Å²) in [6.45, 7) is 8.31. The third-order valence-electron chi connectivity index (χ3n) is 2.45. The van der Waals surface area contributed by atoms with Crippen molar-refractivity contribution in [1.29, 1.82) is 0 Å². The minimum atomic E-state index is 1.03. The molecular weight excluding hydrogens is 238 g/mol. The summed E-state index contributed by atoms with van der Waals surface area (Å²) >= 11 is 1.80. The van der Waals surface area contributed by atoms with Crippen LogP contribution in [0, 0.1) is 0 Å². The van der Waals surface area contributed by atoms with Crippen LogP contribution in [0.1, 0.15) is 43.9 Å². The van der Waals surface area contributed by atoms with Gasteiger partial charge < -0.3 is 0 Å². The Balaban J connectivity index is 2.73. The summed E-state index contributed by atoms with van der Waals surface area (Å²) in [5, 5.41) is 0. The predicted octanol–water partition coefficient (Wildman–Crippen LogP) is 5.57. The molecule has 2 heteroatoms. The topological polar surface area (TPSA) is 12.4 Å². The second kappa shape index (κ2) is 7.83. The zero-order valence-electron chi connectivity index (χ0n) is 11.6. The fourth-order valence-corrected chi connectivity index (χ4v) is 2.47. The van der Waals surface area contributed by atoms with Crippen molar-refractivity contribution in [1.82, 2.24) is 0 Å². The van der Waals surface area contributed by atoms with Gasteiger partial charge in [0.05, 0.1) is 0 Å². The molecule has 0 aliphatic heterocycles. The largest absolute Gasteiger partial charge is 0.262 e. The molecule has 1 nitrogen and oxygen atoms in total. The molecule has 1 heterocycles. The Kier molecular flexibility index (Phi) is 6.37. The van der Waals surface area contributed by atoms with Gasteiger partial charge in [0.15, 0.2) is 0 Å². The minimum absolute atomic E-state index is 1.03. The molecule has 0 saturated heterocycles. The van der Waals surface area contributed by atoms with Crippen LogP contribution in [0.15, 0.2) is 41.1 Å². The summed E-state index contributed by atoms with van der Waals surface area (Å²) in [5.41, 5.74) is 2.33. The number of allylic oxidation sites excluding steroid dienone is 5. The standard InChI is InChI=1S/C16H21NS/c1-5-7-14(4)17-12-11-13(3)16-10-9-15(18-16)8-6-2/h6-12H,5H2,1-4H3/b8-6+,13-11+,14-7+,17-12+. The van der Waals surface area contributed by atoms with Crippen molar-refractivity contribution in [2.75, 3.05) is 0 Å². The van der Waals surface area contributed by atoms with Crippen LogP contribution in [0.2, 0.25) is 0 Å². The smallest absolute Gasteiger partial charge is 0.0332 e. The van der Waals surface area contributed by atoms with Gasteiger partial charge in [-0.3, -0.25) is 4.99 Å². The third kappa shape index (κ3) is 4.84. The van der Waals surface area contributed by atoms with E-state index in [9.17, 15) is 0 Å². The highest BCUT2D eigenvalue weighted by atomic mass is 32.1. The van der Waals surface area contributed by atoms with Crippen molar-refractivity contribution in [2.45, 2.75) is 34.1 Å². The summed E-state index contributed by atoms with van der Waals surface area (Å²) in [6, 6.07) is 4.31. The van der Waals surface area contributed by atoms with Crippen LogP contribution in [0.5, 0.6) is 0 Å². The molecule has 0 fully saturated rings. The molecule has 0 atom stereocenters. The molecular formula is C16H21NS. The first-order valence-corrected chi connectivity index (χ1v) is 7.09. The molecule has 1 aromatic rings. The van der Waals surface area contributed by atoms with Gasteiger partial charge in [-0.15, -0.1) is 11.3 Å². The number of nitrogens with zero attached hydrogens (tertiary/aromatic N) is 1. The molecule has 0 saturated carbocycles. The molecule has 0 aliphatic rings. The molecule has 18 heavy (non-hydrogen) atoms. The van der Waals surface area contributed by atoms with Crippen molar-refractivity contribution in [2.24, 2.45) is 4.99 Å². The van der Waals surface area contributed by atoms with Crippen molar-refractivity contribution in [3.05, 3.63) is 45.8 Å². The number of aliphatic imine (C=N–C) groups is 1. The molecule has 0 radical (unpaired) electrons. The number of thiophene rings is 1. The Labute approximate surface area is 114 Å². The van der Waals surface area contributed by atoms with Crippen LogP contribution in [-0.2, 0) is 0 Å². The lowest BCUT2D eigenvalue weighted by Crippen LogP contribution is -1.75. The van der Waals surface area contributed by atoms with Crippen molar-refractivity contribution >= 4 is 29.2 Å². The lowest BCUT2D eigenvalue weighted by atomic mass is 10.2. The molecule has 0 amide bonds. The van der Waals surface area contributed by atoms with E-state index < -0.39 is 0 Å². The molecule has 1 aromatic heterocycles. The van der Waals surface area contributed by atoms with Crippen LogP contribution in [-0.4, -0.2) is 6.21 Å². The van der Waals surface area contributed by atoms with Gasteiger partial charge in [0.2, 0.25) is 0 Å². The van der Waals surface area contributed by atoms with Crippen LogP contribution in [0.3, 0.4) is 0 Å². The summed E-state index contributed by atoms with van der Waals surface area (Å²) in [5.74, 6) is 0. The van der Waals surface area contributed by atoms with E-state index in [1.807, 2.05) is 20.1 Å². The highest BCUT2D eigenvalue weighted by Gasteiger charge is 1.98. The SMILES string of the molecule is C/C=C/c1ccc(/C(C)=C/C=N/C(C)=C/CC)s1. The van der Waals surface area contributed by atoms with Gasteiger partial charge in [-0.25, -0.2) is 0 Å². The summed E-state index contributed by atoms with van der Waals surface area (Å²) in [7, 11) is 0. The Morgan fingerprint density at radius 1 is 1.33 bits per heavy atom. The summed E-state index contributed by atoms with van der Waals surface area (Å²) in [6.07, 6.45) is 11.3. The van der Waals surface area contributed by atoms with Crippen LogP contribution in [0.4, 0.5) is 0 Å². The first-order valence-electron chi connectivity index (χ1n) is 6.28. The molecule has 0 unspecified atom stereocenters. The minimum Gasteiger partial charge on any atom is -0.262 e. The Morgan fingerprint density at radius 2 is 2.11 bits per heavy atom. The maximum atomic E-state index is 4.37. The van der Waals surface area contributed by atoms with Gasteiger partial charge in [-0.05, 0) is 57.0 Å². The van der Waals surface area contributed by atoms with E-state index in [0.29, 0.717) is 0 Å². The van der Waals surface area contributed by atoms with Gasteiger partial charge in [0.1, 0.15) is 0 Å². The van der Waals surface area contributed by atoms with E-state index in [1.165, 1.54) is 15.3 Å². The van der Waals surface area contributed by atoms with Crippen molar-refractivity contribution < 1.29 is 0 Å². The highest BCUT2D eigenvalue weighted by Crippen LogP contribution is 2.24. The van der Waals surface area contributed by atoms with Crippen LogP contribution in [0.25, 0.3) is 11.6 Å². The van der Waals surface area contributed by atoms with E-state index in [1.54, 1.807) is 11.3 Å². The fraction of sp³-hybridized carbons (Fsp3) is 0.312. The number of rotatable bonds is 5. The van der Waals surface area contributed by atoms with Gasteiger partial charge in [-0.1, -0.05) is 19.1 Å². The van der Waals surface area contributed by atoms with Gasteiger partial charge in [-0.2, -0.15) is 0 Å². The normalized spacial score (nSPS) is 14.0. The summed E-state index contributed by atoms with van der Waals surface area (Å²) < 4.78 is 0. The Hall–Kier alpha value is -1.41. The molecule has 0 N–H and O–H groups in total. The molecule has 0 bridgehead atoms.